The number of alkyl halides is 3. The molecule has 1 aliphatic heterocycles. The molecule has 1 aromatic heterocycles. The fraction of sp³-hybridized carbons (Fsp3) is 0.273. The first-order chi connectivity index (χ1) is 13.0. The number of furan rings is 1. The van der Waals surface area contributed by atoms with E-state index in [4.69, 9.17) is 4.42 Å². The molecule has 0 atom stereocenters. The number of benzene rings is 2. The largest absolute Gasteiger partial charge is 0.464 e. The second kappa shape index (κ2) is 7.24. The topological polar surface area (TPSA) is 16.4 Å². The fourth-order valence-corrected chi connectivity index (χ4v) is 3.51. The van der Waals surface area contributed by atoms with Gasteiger partial charge in [-0.05, 0) is 53.8 Å². The molecular weight excluding hydrogens is 351 g/mol. The Bertz CT molecular complexity index is 971. The van der Waals surface area contributed by atoms with Crippen LogP contribution >= 0.6 is 0 Å². The lowest BCUT2D eigenvalue weighted by Crippen LogP contribution is -2.30. The number of nitrogens with zero attached hydrogens (tertiary/aromatic N) is 1. The molecule has 0 saturated carbocycles. The summed E-state index contributed by atoms with van der Waals surface area (Å²) < 4.78 is 44.1. The molecule has 0 saturated heterocycles. The molecule has 5 heteroatoms. The van der Waals surface area contributed by atoms with Gasteiger partial charge in [0.25, 0.3) is 0 Å². The SMILES string of the molecule is FC(F)(F)c1cccc(C2=CCN(CCc3ccc4ccoc4c3)CC2)c1. The first-order valence-corrected chi connectivity index (χ1v) is 9.04. The maximum absolute atomic E-state index is 12.9. The third kappa shape index (κ3) is 4.08. The van der Waals surface area contributed by atoms with Crippen molar-refractivity contribution >= 4 is 16.5 Å². The Morgan fingerprint density at radius 3 is 2.70 bits per heavy atom. The summed E-state index contributed by atoms with van der Waals surface area (Å²) in [5, 5.41) is 1.10. The summed E-state index contributed by atoms with van der Waals surface area (Å²) in [5.41, 5.74) is 3.21. The van der Waals surface area contributed by atoms with Gasteiger partial charge in [-0.1, -0.05) is 30.3 Å². The van der Waals surface area contributed by atoms with Crippen molar-refractivity contribution in [3.63, 3.8) is 0 Å². The summed E-state index contributed by atoms with van der Waals surface area (Å²) in [6.45, 7) is 2.53. The summed E-state index contributed by atoms with van der Waals surface area (Å²) in [4.78, 5) is 2.32. The Labute approximate surface area is 155 Å². The molecule has 0 N–H and O–H groups in total. The lowest BCUT2D eigenvalue weighted by atomic mass is 9.97. The van der Waals surface area contributed by atoms with Crippen molar-refractivity contribution < 1.29 is 17.6 Å². The van der Waals surface area contributed by atoms with E-state index in [9.17, 15) is 13.2 Å². The number of hydrogen-bond donors (Lipinski definition) is 0. The molecule has 2 nitrogen and oxygen atoms in total. The molecule has 0 spiro atoms. The van der Waals surface area contributed by atoms with Crippen LogP contribution in [0.2, 0.25) is 0 Å². The van der Waals surface area contributed by atoms with Gasteiger partial charge in [-0.3, -0.25) is 4.90 Å². The van der Waals surface area contributed by atoms with Crippen molar-refractivity contribution in [3.8, 4) is 0 Å². The molecule has 1 aliphatic rings. The highest BCUT2D eigenvalue weighted by atomic mass is 19.4. The van der Waals surface area contributed by atoms with Gasteiger partial charge in [0.05, 0.1) is 11.8 Å². The Balaban J connectivity index is 1.38. The summed E-state index contributed by atoms with van der Waals surface area (Å²) in [6, 6.07) is 13.8. The molecule has 3 aromatic rings. The average molecular weight is 371 g/mol. The second-order valence-electron chi connectivity index (χ2n) is 6.90. The molecule has 2 heterocycles. The summed E-state index contributed by atoms with van der Waals surface area (Å²) >= 11 is 0. The number of fused-ring (bicyclic) bond motifs is 1. The molecule has 140 valence electrons. The van der Waals surface area contributed by atoms with Gasteiger partial charge >= 0.3 is 6.18 Å². The van der Waals surface area contributed by atoms with Crippen LogP contribution in [0.25, 0.3) is 16.5 Å². The van der Waals surface area contributed by atoms with Crippen LogP contribution in [-0.4, -0.2) is 24.5 Å². The number of rotatable bonds is 4. The minimum Gasteiger partial charge on any atom is -0.464 e. The monoisotopic (exact) mass is 371 g/mol. The van der Waals surface area contributed by atoms with Crippen molar-refractivity contribution in [3.05, 3.63) is 77.6 Å². The highest BCUT2D eigenvalue weighted by Gasteiger charge is 2.30. The van der Waals surface area contributed by atoms with E-state index in [0.29, 0.717) is 5.56 Å². The molecule has 27 heavy (non-hydrogen) atoms. The fourth-order valence-electron chi connectivity index (χ4n) is 3.51. The maximum atomic E-state index is 12.9. The zero-order valence-corrected chi connectivity index (χ0v) is 14.8. The third-order valence-electron chi connectivity index (χ3n) is 5.09. The highest BCUT2D eigenvalue weighted by Crippen LogP contribution is 2.32. The van der Waals surface area contributed by atoms with Gasteiger partial charge in [0.2, 0.25) is 0 Å². The van der Waals surface area contributed by atoms with E-state index in [1.807, 2.05) is 6.07 Å². The minimum atomic E-state index is -4.30. The summed E-state index contributed by atoms with van der Waals surface area (Å²) in [7, 11) is 0. The van der Waals surface area contributed by atoms with E-state index in [0.717, 1.165) is 55.1 Å². The molecular formula is C22H20F3NO. The van der Waals surface area contributed by atoms with E-state index >= 15 is 0 Å². The molecule has 0 aliphatic carbocycles. The maximum Gasteiger partial charge on any atom is 0.416 e. The Morgan fingerprint density at radius 2 is 1.93 bits per heavy atom. The van der Waals surface area contributed by atoms with E-state index < -0.39 is 11.7 Å². The van der Waals surface area contributed by atoms with Crippen LogP contribution in [-0.2, 0) is 12.6 Å². The second-order valence-corrected chi connectivity index (χ2v) is 6.90. The van der Waals surface area contributed by atoms with Crippen molar-refractivity contribution in [2.75, 3.05) is 19.6 Å². The van der Waals surface area contributed by atoms with Crippen molar-refractivity contribution in [2.24, 2.45) is 0 Å². The van der Waals surface area contributed by atoms with Gasteiger partial charge in [0.1, 0.15) is 5.58 Å². The first-order valence-electron chi connectivity index (χ1n) is 9.04. The Hall–Kier alpha value is -2.53. The molecule has 0 fully saturated rings. The first kappa shape index (κ1) is 17.9. The average Bonchev–Trinajstić information content (AvgIpc) is 3.14. The molecule has 0 unspecified atom stereocenters. The van der Waals surface area contributed by atoms with Crippen LogP contribution in [0.5, 0.6) is 0 Å². The Kier molecular flexibility index (Phi) is 4.79. The highest BCUT2D eigenvalue weighted by molar-refractivity contribution is 5.77. The molecule has 0 radical (unpaired) electrons. The molecule has 0 bridgehead atoms. The van der Waals surface area contributed by atoms with Gasteiger partial charge in [-0.15, -0.1) is 0 Å². The molecule has 0 amide bonds. The van der Waals surface area contributed by atoms with Crippen molar-refractivity contribution in [1.82, 2.24) is 4.90 Å². The smallest absolute Gasteiger partial charge is 0.416 e. The number of halogens is 3. The third-order valence-corrected chi connectivity index (χ3v) is 5.09. The normalized spacial score (nSPS) is 15.9. The van der Waals surface area contributed by atoms with Gasteiger partial charge < -0.3 is 4.42 Å². The van der Waals surface area contributed by atoms with Crippen molar-refractivity contribution in [1.29, 1.82) is 0 Å². The van der Waals surface area contributed by atoms with E-state index in [2.05, 4.69) is 29.2 Å². The van der Waals surface area contributed by atoms with Crippen LogP contribution in [0.3, 0.4) is 0 Å². The zero-order valence-electron chi connectivity index (χ0n) is 14.8. The van der Waals surface area contributed by atoms with Gasteiger partial charge in [0.15, 0.2) is 0 Å². The lowest BCUT2D eigenvalue weighted by Gasteiger charge is -2.26. The van der Waals surface area contributed by atoms with Gasteiger partial charge in [0, 0.05) is 25.0 Å². The van der Waals surface area contributed by atoms with Crippen LogP contribution in [0.15, 0.2) is 65.3 Å². The minimum absolute atomic E-state index is 0.586. The van der Waals surface area contributed by atoms with Crippen LogP contribution < -0.4 is 0 Å². The van der Waals surface area contributed by atoms with E-state index in [1.165, 1.54) is 17.7 Å². The van der Waals surface area contributed by atoms with Crippen LogP contribution in [0, 0.1) is 0 Å². The number of hydrogen-bond acceptors (Lipinski definition) is 2. The summed E-state index contributed by atoms with van der Waals surface area (Å²) in [6.07, 6.45) is 1.13. The Morgan fingerprint density at radius 1 is 1.04 bits per heavy atom. The zero-order chi connectivity index (χ0) is 18.9. The van der Waals surface area contributed by atoms with Crippen molar-refractivity contribution in [2.45, 2.75) is 19.0 Å². The van der Waals surface area contributed by atoms with Gasteiger partial charge in [-0.25, -0.2) is 0 Å². The van der Waals surface area contributed by atoms with Crippen LogP contribution in [0.1, 0.15) is 23.1 Å². The van der Waals surface area contributed by atoms with Gasteiger partial charge in [-0.2, -0.15) is 13.2 Å². The standard InChI is InChI=1S/C22H20F3NO/c23-22(24,25)20-3-1-2-19(15-20)17-7-11-26(12-8-17)10-6-16-4-5-18-9-13-27-21(18)14-16/h1-5,7,9,13-15H,6,8,10-12H2. The molecule has 2 aromatic carbocycles. The lowest BCUT2D eigenvalue weighted by molar-refractivity contribution is -0.137. The molecule has 4 rings (SSSR count). The summed E-state index contributed by atoms with van der Waals surface area (Å²) in [5.74, 6) is 0. The quantitative estimate of drug-likeness (QED) is 0.578. The van der Waals surface area contributed by atoms with Crippen LogP contribution in [0.4, 0.5) is 13.2 Å². The predicted octanol–water partition coefficient (Wildman–Crippen LogP) is 5.78. The predicted molar refractivity (Wildman–Crippen MR) is 100 cm³/mol. The van der Waals surface area contributed by atoms with E-state index in [1.54, 1.807) is 12.3 Å². The van der Waals surface area contributed by atoms with E-state index in [-0.39, 0.29) is 0 Å².